The number of aromatic nitrogens is 3. The fourth-order valence-corrected chi connectivity index (χ4v) is 10.1. The first-order valence-electron chi connectivity index (χ1n) is 18.1. The number of anilines is 3. The Morgan fingerprint density at radius 1 is 0.673 bits per heavy atom. The molecule has 0 unspecified atom stereocenters. The van der Waals surface area contributed by atoms with Crippen molar-refractivity contribution in [3.05, 3.63) is 109 Å². The number of pyridine rings is 2. The summed E-state index contributed by atoms with van der Waals surface area (Å²) in [6.07, 6.45) is 11.0. The molecule has 11 rings (SSSR count). The molecule has 0 radical (unpaired) electrons. The highest BCUT2D eigenvalue weighted by atomic mass is 16.5. The summed E-state index contributed by atoms with van der Waals surface area (Å²) in [5.74, 6) is 7.22. The molecule has 4 saturated carbocycles. The molecular formula is C43H43N5O. The summed E-state index contributed by atoms with van der Waals surface area (Å²) in [4.78, 5) is 14.9. The van der Waals surface area contributed by atoms with E-state index in [1.54, 1.807) is 0 Å². The van der Waals surface area contributed by atoms with Crippen molar-refractivity contribution < 1.29 is 4.74 Å². The van der Waals surface area contributed by atoms with Gasteiger partial charge in [-0.3, -0.25) is 4.57 Å². The molecule has 6 aromatic rings. The van der Waals surface area contributed by atoms with Crippen LogP contribution in [0, 0.1) is 23.7 Å². The van der Waals surface area contributed by atoms with Crippen LogP contribution < -0.4 is 14.5 Å². The molecule has 0 spiro atoms. The first kappa shape index (κ1) is 29.1. The lowest BCUT2D eigenvalue weighted by molar-refractivity contribution is -0.00238. The van der Waals surface area contributed by atoms with E-state index in [2.05, 4.69) is 126 Å². The lowest BCUT2D eigenvalue weighted by Crippen LogP contribution is -2.56. The minimum Gasteiger partial charge on any atom is -0.457 e. The van der Waals surface area contributed by atoms with Crippen LogP contribution in [0.5, 0.6) is 11.5 Å². The summed E-state index contributed by atoms with van der Waals surface area (Å²) in [7, 11) is 0. The van der Waals surface area contributed by atoms with Gasteiger partial charge in [-0.05, 0) is 121 Å². The Morgan fingerprint density at radius 2 is 1.45 bits per heavy atom. The number of fused-ring (bicyclic) bond motifs is 4. The van der Waals surface area contributed by atoms with Crippen molar-refractivity contribution in [2.75, 3.05) is 16.5 Å². The van der Waals surface area contributed by atoms with E-state index < -0.39 is 0 Å². The molecule has 4 heterocycles. The largest absolute Gasteiger partial charge is 0.457 e. The molecule has 4 bridgehead atoms. The van der Waals surface area contributed by atoms with Gasteiger partial charge in [0.15, 0.2) is 5.82 Å². The van der Waals surface area contributed by atoms with E-state index >= 15 is 0 Å². The molecule has 3 aromatic heterocycles. The van der Waals surface area contributed by atoms with Crippen LogP contribution in [0.25, 0.3) is 27.6 Å². The van der Waals surface area contributed by atoms with Crippen LogP contribution in [0.15, 0.2) is 103 Å². The van der Waals surface area contributed by atoms with Gasteiger partial charge < -0.3 is 14.5 Å². The SMILES string of the molecule is CC(C)(C)c1ccnc(-n2c3ccccc3c3ccc(Oc4cccc(N5CN(C6C7CC8CC(C7)CC6C8)c6ncccc65)c4)cc32)c1. The quantitative estimate of drug-likeness (QED) is 0.187. The zero-order valence-corrected chi connectivity index (χ0v) is 28.6. The fourth-order valence-electron chi connectivity index (χ4n) is 10.1. The van der Waals surface area contributed by atoms with Crippen LogP contribution >= 0.6 is 0 Å². The number of hydrogen-bond donors (Lipinski definition) is 0. The number of hydrogen-bond acceptors (Lipinski definition) is 5. The monoisotopic (exact) mass is 645 g/mol. The second kappa shape index (κ2) is 10.8. The molecular weight excluding hydrogens is 603 g/mol. The van der Waals surface area contributed by atoms with Crippen molar-refractivity contribution in [1.82, 2.24) is 14.5 Å². The molecule has 0 amide bonds. The highest BCUT2D eigenvalue weighted by Gasteiger charge is 2.52. The predicted octanol–water partition coefficient (Wildman–Crippen LogP) is 10.4. The number of rotatable bonds is 5. The predicted molar refractivity (Wildman–Crippen MR) is 198 cm³/mol. The Kier molecular flexibility index (Phi) is 6.43. The third kappa shape index (κ3) is 4.74. The topological polar surface area (TPSA) is 46.4 Å². The van der Waals surface area contributed by atoms with E-state index in [9.17, 15) is 0 Å². The van der Waals surface area contributed by atoms with Crippen molar-refractivity contribution in [1.29, 1.82) is 0 Å². The molecule has 0 saturated heterocycles. The van der Waals surface area contributed by atoms with Crippen LogP contribution in [0.3, 0.4) is 0 Å². The van der Waals surface area contributed by atoms with E-state index in [1.165, 1.54) is 54.1 Å². The van der Waals surface area contributed by atoms with Gasteiger partial charge in [0.25, 0.3) is 0 Å². The second-order valence-corrected chi connectivity index (χ2v) is 16.1. The standard InChI is InChI=1S/C43H43N5O/c1-43(2,3)31-15-17-44-40(23-31)48-37-11-5-4-10-35(37)36-14-13-34(25-39(36)48)49-33-9-6-8-32(24-33)46-26-47(42-38(46)12-7-16-45-42)41-29-19-27-18-28(21-29)22-30(41)20-27/h4-17,23-25,27-30,41H,18-22,26H2,1-3H3. The van der Waals surface area contributed by atoms with E-state index in [4.69, 9.17) is 14.7 Å². The minimum absolute atomic E-state index is 0.0221. The Labute approximate surface area is 288 Å². The first-order valence-corrected chi connectivity index (χ1v) is 18.1. The third-order valence-corrected chi connectivity index (χ3v) is 12.0. The van der Waals surface area contributed by atoms with Gasteiger partial charge in [0, 0.05) is 47.0 Å². The summed E-state index contributed by atoms with van der Waals surface area (Å²) in [6, 6.07) is 32.9. The van der Waals surface area contributed by atoms with E-state index in [0.29, 0.717) is 6.04 Å². The molecule has 5 aliphatic rings. The van der Waals surface area contributed by atoms with Crippen molar-refractivity contribution in [2.45, 2.75) is 64.3 Å². The molecule has 0 N–H and O–H groups in total. The van der Waals surface area contributed by atoms with Crippen LogP contribution in [0.1, 0.15) is 58.4 Å². The Balaban J connectivity index is 0.988. The maximum Gasteiger partial charge on any atom is 0.154 e. The maximum atomic E-state index is 6.67. The van der Waals surface area contributed by atoms with Gasteiger partial charge in [-0.1, -0.05) is 45.0 Å². The summed E-state index contributed by atoms with van der Waals surface area (Å²) < 4.78 is 8.94. The van der Waals surface area contributed by atoms with Crippen molar-refractivity contribution >= 4 is 39.0 Å². The zero-order valence-electron chi connectivity index (χ0n) is 28.6. The molecule has 246 valence electrons. The minimum atomic E-state index is 0.0221. The Morgan fingerprint density at radius 3 is 2.27 bits per heavy atom. The molecule has 49 heavy (non-hydrogen) atoms. The number of benzene rings is 3. The Bertz CT molecular complexity index is 2200. The van der Waals surface area contributed by atoms with E-state index in [0.717, 1.165) is 70.2 Å². The van der Waals surface area contributed by atoms with Crippen LogP contribution in [0.2, 0.25) is 0 Å². The van der Waals surface area contributed by atoms with Gasteiger partial charge in [-0.15, -0.1) is 0 Å². The van der Waals surface area contributed by atoms with Gasteiger partial charge in [-0.25, -0.2) is 9.97 Å². The molecule has 6 heteroatoms. The van der Waals surface area contributed by atoms with Gasteiger partial charge in [0.1, 0.15) is 17.3 Å². The normalized spacial score (nSPS) is 24.3. The lowest BCUT2D eigenvalue weighted by atomic mass is 9.54. The average molecular weight is 646 g/mol. The van der Waals surface area contributed by atoms with Gasteiger partial charge >= 0.3 is 0 Å². The average Bonchev–Trinajstić information content (AvgIpc) is 3.64. The summed E-state index contributed by atoms with van der Waals surface area (Å²) in [5.41, 5.74) is 5.84. The molecule has 0 atom stereocenters. The van der Waals surface area contributed by atoms with Crippen LogP contribution in [-0.4, -0.2) is 27.2 Å². The van der Waals surface area contributed by atoms with E-state index in [-0.39, 0.29) is 5.41 Å². The van der Waals surface area contributed by atoms with Gasteiger partial charge in [0.2, 0.25) is 0 Å². The molecule has 4 aliphatic carbocycles. The summed E-state index contributed by atoms with van der Waals surface area (Å²) in [5, 5.41) is 2.39. The number of para-hydroxylation sites is 1. The fraction of sp³-hybridized carbons (Fsp3) is 0.349. The molecule has 1 aliphatic heterocycles. The molecule has 6 nitrogen and oxygen atoms in total. The number of nitrogens with zero attached hydrogens (tertiary/aromatic N) is 5. The second-order valence-electron chi connectivity index (χ2n) is 16.1. The molecule has 3 aromatic carbocycles. The highest BCUT2D eigenvalue weighted by Crippen LogP contribution is 2.57. The lowest BCUT2D eigenvalue weighted by Gasteiger charge is -2.56. The van der Waals surface area contributed by atoms with E-state index in [1.807, 2.05) is 12.4 Å². The maximum absolute atomic E-state index is 6.67. The first-order chi connectivity index (χ1) is 23.9. The van der Waals surface area contributed by atoms with Crippen molar-refractivity contribution in [3.63, 3.8) is 0 Å². The third-order valence-electron chi connectivity index (χ3n) is 12.0. The van der Waals surface area contributed by atoms with Crippen molar-refractivity contribution in [2.24, 2.45) is 23.7 Å². The van der Waals surface area contributed by atoms with Crippen molar-refractivity contribution in [3.8, 4) is 17.3 Å². The van der Waals surface area contributed by atoms with Crippen LogP contribution in [0.4, 0.5) is 17.2 Å². The van der Waals surface area contributed by atoms with Crippen LogP contribution in [-0.2, 0) is 5.41 Å². The zero-order chi connectivity index (χ0) is 32.9. The number of ether oxygens (including phenoxy) is 1. The Hall–Kier alpha value is -4.84. The smallest absolute Gasteiger partial charge is 0.154 e. The molecule has 4 fully saturated rings. The highest BCUT2D eigenvalue weighted by molar-refractivity contribution is 6.09. The van der Waals surface area contributed by atoms with Gasteiger partial charge in [0.05, 0.1) is 23.4 Å². The van der Waals surface area contributed by atoms with Gasteiger partial charge in [-0.2, -0.15) is 0 Å². The summed E-state index contributed by atoms with van der Waals surface area (Å²) in [6.45, 7) is 7.58. The summed E-state index contributed by atoms with van der Waals surface area (Å²) >= 11 is 0.